The first-order valence-corrected chi connectivity index (χ1v) is 10.1. The molecule has 0 radical (unpaired) electrons. The Kier molecular flexibility index (Phi) is 6.03. The van der Waals surface area contributed by atoms with Crippen molar-refractivity contribution in [2.24, 2.45) is 0 Å². The van der Waals surface area contributed by atoms with Crippen molar-refractivity contribution in [3.8, 4) is 0 Å². The molecule has 2 aliphatic heterocycles. The summed E-state index contributed by atoms with van der Waals surface area (Å²) in [4.78, 5) is 17.4. The summed E-state index contributed by atoms with van der Waals surface area (Å²) in [5, 5.41) is 16.4. The number of piperazine rings is 1. The summed E-state index contributed by atoms with van der Waals surface area (Å²) < 4.78 is 38.6. The number of pyridine rings is 1. The molecule has 1 aromatic heterocycles. The van der Waals surface area contributed by atoms with Crippen molar-refractivity contribution >= 4 is 11.4 Å². The molecule has 166 valence electrons. The molecule has 0 atom stereocenters. The normalized spacial score (nSPS) is 17.9. The van der Waals surface area contributed by atoms with Gasteiger partial charge in [-0.15, -0.1) is 0 Å². The number of nitrogens with one attached hydrogen (secondary N) is 2. The second-order valence-corrected chi connectivity index (χ2v) is 7.57. The third-order valence-electron chi connectivity index (χ3n) is 5.55. The van der Waals surface area contributed by atoms with Crippen LogP contribution in [0.5, 0.6) is 0 Å². The van der Waals surface area contributed by atoms with Gasteiger partial charge >= 0.3 is 6.18 Å². The molecule has 0 aliphatic carbocycles. The Balaban J connectivity index is 1.58. The van der Waals surface area contributed by atoms with E-state index in [0.29, 0.717) is 30.0 Å². The molecule has 1 fully saturated rings. The topological polar surface area (TPSA) is 74.8 Å². The molecule has 4 rings (SSSR count). The standard InChI is InChI=1S/C21H24F3N5O2/c22-21(23,24)16-1-3-17(4-2-16)26-18-14-29(13-15-5-6-25-20(31)19(15)18)28-9-7-27(8-10-28)11-12-30/h1-6,14,26,30H,7-13H2,(H,25,31). The quantitative estimate of drug-likeness (QED) is 0.669. The number of aliphatic hydroxyl groups excluding tert-OH is 1. The van der Waals surface area contributed by atoms with E-state index in [1.54, 1.807) is 6.20 Å². The van der Waals surface area contributed by atoms with Crippen molar-refractivity contribution in [3.63, 3.8) is 0 Å². The number of hydrazine groups is 1. The van der Waals surface area contributed by atoms with Crippen molar-refractivity contribution in [2.45, 2.75) is 12.7 Å². The molecule has 31 heavy (non-hydrogen) atoms. The monoisotopic (exact) mass is 435 g/mol. The van der Waals surface area contributed by atoms with Crippen LogP contribution >= 0.6 is 0 Å². The summed E-state index contributed by atoms with van der Waals surface area (Å²) >= 11 is 0. The highest BCUT2D eigenvalue weighted by Crippen LogP contribution is 2.31. The Morgan fingerprint density at radius 2 is 1.77 bits per heavy atom. The van der Waals surface area contributed by atoms with Gasteiger partial charge < -0.3 is 20.4 Å². The fourth-order valence-electron chi connectivity index (χ4n) is 3.91. The number of anilines is 1. The zero-order valence-corrected chi connectivity index (χ0v) is 16.8. The highest BCUT2D eigenvalue weighted by molar-refractivity contribution is 5.78. The maximum atomic E-state index is 12.9. The number of hydrogen-bond acceptors (Lipinski definition) is 6. The number of aliphatic hydroxyl groups is 1. The minimum Gasteiger partial charge on any atom is -0.395 e. The first-order valence-electron chi connectivity index (χ1n) is 10.1. The van der Waals surface area contributed by atoms with E-state index >= 15 is 0 Å². The van der Waals surface area contributed by atoms with E-state index in [0.717, 1.165) is 43.9 Å². The Morgan fingerprint density at radius 3 is 2.42 bits per heavy atom. The number of aromatic amines is 1. The van der Waals surface area contributed by atoms with Crippen LogP contribution in [0.3, 0.4) is 0 Å². The summed E-state index contributed by atoms with van der Waals surface area (Å²) in [7, 11) is 0. The first kappa shape index (κ1) is 21.4. The second-order valence-electron chi connectivity index (χ2n) is 7.57. The summed E-state index contributed by atoms with van der Waals surface area (Å²) in [6, 6.07) is 6.58. The number of nitrogens with zero attached hydrogens (tertiary/aromatic N) is 3. The van der Waals surface area contributed by atoms with Gasteiger partial charge in [0, 0.05) is 50.8 Å². The number of hydrogen-bond donors (Lipinski definition) is 3. The van der Waals surface area contributed by atoms with E-state index in [9.17, 15) is 18.0 Å². The molecule has 10 heteroatoms. The first-order chi connectivity index (χ1) is 14.8. The number of alkyl halides is 3. The zero-order valence-electron chi connectivity index (χ0n) is 16.8. The maximum absolute atomic E-state index is 12.9. The number of rotatable bonds is 5. The van der Waals surface area contributed by atoms with E-state index in [-0.39, 0.29) is 12.2 Å². The predicted octanol–water partition coefficient (Wildman–Crippen LogP) is 2.14. The molecule has 0 spiro atoms. The van der Waals surface area contributed by atoms with Gasteiger partial charge in [-0.3, -0.25) is 9.69 Å². The number of benzene rings is 1. The summed E-state index contributed by atoms with van der Waals surface area (Å²) in [5.41, 5.74) is 1.33. The Hall–Kier alpha value is -2.82. The highest BCUT2D eigenvalue weighted by atomic mass is 19.4. The average Bonchev–Trinajstić information content (AvgIpc) is 2.74. The van der Waals surface area contributed by atoms with Crippen LogP contribution in [-0.4, -0.2) is 64.3 Å². The highest BCUT2D eigenvalue weighted by Gasteiger charge is 2.30. The lowest BCUT2D eigenvalue weighted by Gasteiger charge is -2.42. The molecule has 7 nitrogen and oxygen atoms in total. The summed E-state index contributed by atoms with van der Waals surface area (Å²) in [6.07, 6.45) is -0.974. The van der Waals surface area contributed by atoms with Gasteiger partial charge in [0.15, 0.2) is 0 Å². The SMILES string of the molecule is O=c1[nH]ccc2c1C(Nc1ccc(C(F)(F)F)cc1)=CN(N1CCN(CCO)CC1)C2. The van der Waals surface area contributed by atoms with Crippen LogP contribution in [-0.2, 0) is 12.7 Å². The van der Waals surface area contributed by atoms with E-state index in [1.165, 1.54) is 12.1 Å². The molecule has 2 aromatic rings. The van der Waals surface area contributed by atoms with Gasteiger partial charge in [0.2, 0.25) is 0 Å². The van der Waals surface area contributed by atoms with Crippen LogP contribution in [0.15, 0.2) is 47.5 Å². The lowest BCUT2D eigenvalue weighted by Crippen LogP contribution is -2.53. The number of H-pyrrole nitrogens is 1. The zero-order chi connectivity index (χ0) is 22.0. The molecule has 2 aliphatic rings. The molecular weight excluding hydrogens is 411 g/mol. The van der Waals surface area contributed by atoms with Gasteiger partial charge in [0.05, 0.1) is 30.0 Å². The third-order valence-corrected chi connectivity index (χ3v) is 5.55. The molecule has 0 amide bonds. The van der Waals surface area contributed by atoms with E-state index < -0.39 is 11.7 Å². The van der Waals surface area contributed by atoms with Gasteiger partial charge in [0.1, 0.15) is 0 Å². The van der Waals surface area contributed by atoms with Crippen LogP contribution in [0.4, 0.5) is 18.9 Å². The van der Waals surface area contributed by atoms with Gasteiger partial charge in [0.25, 0.3) is 5.56 Å². The number of halogens is 3. The van der Waals surface area contributed by atoms with Crippen molar-refractivity contribution in [3.05, 3.63) is 69.8 Å². The molecular formula is C21H24F3N5O2. The van der Waals surface area contributed by atoms with E-state index in [4.69, 9.17) is 5.11 Å². The number of aromatic nitrogens is 1. The Bertz CT molecular complexity index is 995. The van der Waals surface area contributed by atoms with Crippen LogP contribution in [0, 0.1) is 0 Å². The van der Waals surface area contributed by atoms with Crippen molar-refractivity contribution < 1.29 is 18.3 Å². The molecule has 0 unspecified atom stereocenters. The van der Waals surface area contributed by atoms with E-state index in [2.05, 4.69) is 20.2 Å². The number of β-amino-alcohol motifs (C(OH)–C–C–N with tert-alkyl or cyclic N) is 1. The minimum atomic E-state index is -4.40. The smallest absolute Gasteiger partial charge is 0.395 e. The fourth-order valence-corrected chi connectivity index (χ4v) is 3.91. The van der Waals surface area contributed by atoms with Gasteiger partial charge in [-0.05, 0) is 35.9 Å². The van der Waals surface area contributed by atoms with Gasteiger partial charge in [-0.2, -0.15) is 13.2 Å². The van der Waals surface area contributed by atoms with Crippen LogP contribution in [0.1, 0.15) is 16.7 Å². The molecule has 1 aromatic carbocycles. The minimum absolute atomic E-state index is 0.126. The lowest BCUT2D eigenvalue weighted by atomic mass is 10.0. The number of fused-ring (bicyclic) bond motifs is 1. The Morgan fingerprint density at radius 1 is 1.06 bits per heavy atom. The van der Waals surface area contributed by atoms with Gasteiger partial charge in [-0.25, -0.2) is 5.01 Å². The fraction of sp³-hybridized carbons (Fsp3) is 0.381. The molecule has 3 heterocycles. The lowest BCUT2D eigenvalue weighted by molar-refractivity contribution is -0.137. The van der Waals surface area contributed by atoms with E-state index in [1.807, 2.05) is 17.3 Å². The summed E-state index contributed by atoms with van der Waals surface area (Å²) in [5.74, 6) is 0. The predicted molar refractivity (Wildman–Crippen MR) is 111 cm³/mol. The largest absolute Gasteiger partial charge is 0.416 e. The molecule has 3 N–H and O–H groups in total. The summed E-state index contributed by atoms with van der Waals surface area (Å²) in [6.45, 7) is 4.45. The average molecular weight is 435 g/mol. The van der Waals surface area contributed by atoms with Crippen molar-refractivity contribution in [1.82, 2.24) is 19.9 Å². The van der Waals surface area contributed by atoms with Crippen LogP contribution in [0.25, 0.3) is 5.70 Å². The van der Waals surface area contributed by atoms with Gasteiger partial charge in [-0.1, -0.05) is 0 Å². The molecule has 0 bridgehead atoms. The van der Waals surface area contributed by atoms with Crippen LogP contribution in [0.2, 0.25) is 0 Å². The molecule has 1 saturated heterocycles. The van der Waals surface area contributed by atoms with Crippen molar-refractivity contribution in [1.29, 1.82) is 0 Å². The third kappa shape index (κ3) is 4.76. The maximum Gasteiger partial charge on any atom is 0.416 e. The molecule has 0 saturated carbocycles. The second kappa shape index (κ2) is 8.74. The van der Waals surface area contributed by atoms with Crippen molar-refractivity contribution in [2.75, 3.05) is 44.6 Å². The van der Waals surface area contributed by atoms with Crippen LogP contribution < -0.4 is 10.9 Å². The Labute approximate surface area is 177 Å².